The Morgan fingerprint density at radius 2 is 1.18 bits per heavy atom. The van der Waals surface area contributed by atoms with Crippen molar-refractivity contribution in [3.8, 4) is 17.2 Å². The van der Waals surface area contributed by atoms with E-state index < -0.39 is 17.9 Å². The molecule has 0 radical (unpaired) electrons. The van der Waals surface area contributed by atoms with Gasteiger partial charge in [-0.15, -0.1) is 0 Å². The van der Waals surface area contributed by atoms with Crippen LogP contribution in [0.3, 0.4) is 0 Å². The van der Waals surface area contributed by atoms with Gasteiger partial charge in [0.15, 0.2) is 0 Å². The van der Waals surface area contributed by atoms with Gasteiger partial charge < -0.3 is 23.7 Å². The summed E-state index contributed by atoms with van der Waals surface area (Å²) >= 11 is 6.39. The highest BCUT2D eigenvalue weighted by Crippen LogP contribution is 2.29. The van der Waals surface area contributed by atoms with Gasteiger partial charge in [-0.3, -0.25) is 4.99 Å². The number of unbranched alkanes of at least 4 members (excludes halogenated alkanes) is 2. The van der Waals surface area contributed by atoms with Crippen LogP contribution in [0.1, 0.15) is 41.6 Å². The van der Waals surface area contributed by atoms with Gasteiger partial charge in [0.05, 0.1) is 42.7 Å². The minimum absolute atomic E-state index is 0.289. The molecule has 0 unspecified atom stereocenters. The lowest BCUT2D eigenvalue weighted by atomic mass is 10.2. The average Bonchev–Trinajstić information content (AvgIpc) is 3.04. The van der Waals surface area contributed by atoms with Crippen LogP contribution in [0.4, 0.5) is 5.69 Å². The SMILES string of the molecule is C=CC(=O)OCCCCOc1ccc(/C=N/c2ccc(OC(=O)c3ccc(OCCCCOC(=O)C=C)cc3)cc2Cl)cc1. The van der Waals surface area contributed by atoms with Crippen LogP contribution in [0, 0.1) is 0 Å². The predicted octanol–water partition coefficient (Wildman–Crippen LogP) is 7.09. The van der Waals surface area contributed by atoms with E-state index in [1.165, 1.54) is 6.07 Å². The standard InChI is InChI=1S/C34H34ClNO8/c1-3-32(37)42-21-7-5-19-40-27-13-9-25(10-14-27)24-36-31-18-17-29(23-30(31)35)44-34(39)26-11-15-28(16-12-26)41-20-6-8-22-43-33(38)4-2/h3-4,9-18,23-24H,1-2,5-8,19-22H2/b36-24+. The molecule has 0 saturated carbocycles. The van der Waals surface area contributed by atoms with Gasteiger partial charge in [-0.1, -0.05) is 24.8 Å². The van der Waals surface area contributed by atoms with E-state index in [9.17, 15) is 14.4 Å². The number of carbonyl (C=O) groups is 3. The number of carbonyl (C=O) groups excluding carboxylic acids is 3. The van der Waals surface area contributed by atoms with Gasteiger partial charge in [0, 0.05) is 24.4 Å². The summed E-state index contributed by atoms with van der Waals surface area (Å²) in [5.41, 5.74) is 1.72. The Hall–Kier alpha value is -4.89. The molecule has 0 aliphatic carbocycles. The van der Waals surface area contributed by atoms with Crippen LogP contribution in [0.25, 0.3) is 0 Å². The number of halogens is 1. The highest BCUT2D eigenvalue weighted by molar-refractivity contribution is 6.33. The molecular formula is C34H34ClNO8. The van der Waals surface area contributed by atoms with Crippen LogP contribution >= 0.6 is 11.6 Å². The zero-order valence-electron chi connectivity index (χ0n) is 24.2. The molecule has 0 aliphatic rings. The first-order valence-electron chi connectivity index (χ1n) is 14.0. The zero-order chi connectivity index (χ0) is 31.6. The van der Waals surface area contributed by atoms with Crippen LogP contribution in [0.2, 0.25) is 5.02 Å². The fraction of sp³-hybridized carbons (Fsp3) is 0.235. The lowest BCUT2D eigenvalue weighted by Crippen LogP contribution is -2.08. The maximum absolute atomic E-state index is 12.6. The van der Waals surface area contributed by atoms with E-state index in [1.807, 2.05) is 24.3 Å². The largest absolute Gasteiger partial charge is 0.494 e. The summed E-state index contributed by atoms with van der Waals surface area (Å²) in [5, 5.41) is 0.327. The highest BCUT2D eigenvalue weighted by Gasteiger charge is 2.11. The second kappa shape index (κ2) is 18.6. The number of rotatable bonds is 18. The summed E-state index contributed by atoms with van der Waals surface area (Å²) < 4.78 is 26.7. The Balaban J connectivity index is 1.41. The van der Waals surface area contributed by atoms with Crippen molar-refractivity contribution in [3.05, 3.63) is 108 Å². The number of nitrogens with zero attached hydrogens (tertiary/aromatic N) is 1. The summed E-state index contributed by atoms with van der Waals surface area (Å²) in [7, 11) is 0. The van der Waals surface area contributed by atoms with Gasteiger partial charge >= 0.3 is 17.9 Å². The van der Waals surface area contributed by atoms with E-state index in [0.717, 1.165) is 29.9 Å². The Labute approximate surface area is 261 Å². The highest BCUT2D eigenvalue weighted by atomic mass is 35.5. The molecule has 0 heterocycles. The molecule has 10 heteroatoms. The van der Waals surface area contributed by atoms with Crippen molar-refractivity contribution in [2.45, 2.75) is 25.7 Å². The normalized spacial score (nSPS) is 10.6. The van der Waals surface area contributed by atoms with Crippen molar-refractivity contribution in [2.24, 2.45) is 4.99 Å². The molecule has 0 fully saturated rings. The molecule has 0 bridgehead atoms. The van der Waals surface area contributed by atoms with Crippen LogP contribution in [-0.4, -0.2) is 50.6 Å². The summed E-state index contributed by atoms with van der Waals surface area (Å²) in [5.74, 6) is 0.213. The lowest BCUT2D eigenvalue weighted by Gasteiger charge is -2.08. The van der Waals surface area contributed by atoms with Gasteiger partial charge in [-0.25, -0.2) is 14.4 Å². The third kappa shape index (κ3) is 12.1. The van der Waals surface area contributed by atoms with Gasteiger partial charge in [0.25, 0.3) is 0 Å². The van der Waals surface area contributed by atoms with Crippen LogP contribution in [0.5, 0.6) is 17.2 Å². The first-order valence-corrected chi connectivity index (χ1v) is 14.4. The number of hydrogen-bond acceptors (Lipinski definition) is 9. The molecule has 0 aliphatic heterocycles. The predicted molar refractivity (Wildman–Crippen MR) is 168 cm³/mol. The van der Waals surface area contributed by atoms with E-state index in [2.05, 4.69) is 18.2 Å². The van der Waals surface area contributed by atoms with Crippen molar-refractivity contribution < 1.29 is 38.1 Å². The number of benzene rings is 3. The molecule has 0 spiro atoms. The zero-order valence-corrected chi connectivity index (χ0v) is 25.0. The smallest absolute Gasteiger partial charge is 0.343 e. The number of esters is 3. The number of aliphatic imine (C=N–C) groups is 1. The van der Waals surface area contributed by atoms with E-state index in [0.29, 0.717) is 67.7 Å². The van der Waals surface area contributed by atoms with Gasteiger partial charge in [0.1, 0.15) is 17.2 Å². The van der Waals surface area contributed by atoms with E-state index in [1.54, 1.807) is 42.6 Å². The second-order valence-electron chi connectivity index (χ2n) is 9.21. The molecule has 0 saturated heterocycles. The Bertz CT molecular complexity index is 1430. The molecule has 0 N–H and O–H groups in total. The maximum atomic E-state index is 12.6. The fourth-order valence-electron chi connectivity index (χ4n) is 3.55. The minimum Gasteiger partial charge on any atom is -0.494 e. The van der Waals surface area contributed by atoms with Crippen molar-refractivity contribution in [2.75, 3.05) is 26.4 Å². The van der Waals surface area contributed by atoms with Gasteiger partial charge in [0.2, 0.25) is 0 Å². The minimum atomic E-state index is -0.536. The van der Waals surface area contributed by atoms with Crippen molar-refractivity contribution in [3.63, 3.8) is 0 Å². The molecule has 3 rings (SSSR count). The molecule has 3 aromatic rings. The van der Waals surface area contributed by atoms with Crippen molar-refractivity contribution >= 4 is 41.4 Å². The summed E-state index contributed by atoms with van der Waals surface area (Å²) in [6.45, 7) is 8.29. The molecule has 0 amide bonds. The van der Waals surface area contributed by atoms with E-state index in [4.69, 9.17) is 35.3 Å². The molecule has 44 heavy (non-hydrogen) atoms. The monoisotopic (exact) mass is 619 g/mol. The fourth-order valence-corrected chi connectivity index (χ4v) is 3.77. The topological polar surface area (TPSA) is 110 Å². The van der Waals surface area contributed by atoms with Crippen LogP contribution < -0.4 is 14.2 Å². The number of hydrogen-bond donors (Lipinski definition) is 0. The third-order valence-electron chi connectivity index (χ3n) is 5.89. The van der Waals surface area contributed by atoms with Gasteiger partial charge in [-0.2, -0.15) is 0 Å². The molecule has 3 aromatic carbocycles. The molecule has 230 valence electrons. The number of ether oxygens (including phenoxy) is 5. The average molecular weight is 620 g/mol. The van der Waals surface area contributed by atoms with Gasteiger partial charge in [-0.05, 0) is 91.9 Å². The van der Waals surface area contributed by atoms with Crippen LogP contribution in [0.15, 0.2) is 97.0 Å². The van der Waals surface area contributed by atoms with Crippen molar-refractivity contribution in [1.29, 1.82) is 0 Å². The molecule has 9 nitrogen and oxygen atoms in total. The summed E-state index contributed by atoms with van der Waals surface area (Å²) in [6, 6.07) is 18.8. The van der Waals surface area contributed by atoms with E-state index >= 15 is 0 Å². The first kappa shape index (κ1) is 33.6. The Morgan fingerprint density at radius 1 is 0.682 bits per heavy atom. The van der Waals surface area contributed by atoms with E-state index in [-0.39, 0.29) is 5.75 Å². The quantitative estimate of drug-likeness (QED) is 0.0488. The summed E-state index contributed by atoms with van der Waals surface area (Å²) in [4.78, 5) is 39.1. The van der Waals surface area contributed by atoms with Crippen LogP contribution in [-0.2, 0) is 19.1 Å². The lowest BCUT2D eigenvalue weighted by molar-refractivity contribution is -0.138. The van der Waals surface area contributed by atoms with Crippen molar-refractivity contribution in [1.82, 2.24) is 0 Å². The molecular weight excluding hydrogens is 586 g/mol. The first-order chi connectivity index (χ1) is 21.4. The third-order valence-corrected chi connectivity index (χ3v) is 6.19. The summed E-state index contributed by atoms with van der Waals surface area (Å²) in [6.07, 6.45) is 6.76. The molecule has 0 aromatic heterocycles. The Kier molecular flexibility index (Phi) is 14.2. The maximum Gasteiger partial charge on any atom is 0.343 e. The Morgan fingerprint density at radius 3 is 1.70 bits per heavy atom. The second-order valence-corrected chi connectivity index (χ2v) is 9.62. The molecule has 0 atom stereocenters.